The second-order valence-electron chi connectivity index (χ2n) is 5.93. The summed E-state index contributed by atoms with van der Waals surface area (Å²) in [6.07, 6.45) is 2.23. The fraction of sp³-hybridized carbons (Fsp3) is 0.533. The summed E-state index contributed by atoms with van der Waals surface area (Å²) in [7, 11) is 0. The third-order valence-corrected chi connectivity index (χ3v) is 3.94. The zero-order valence-corrected chi connectivity index (χ0v) is 13.4. The number of piperidine rings is 1. The maximum absolute atomic E-state index is 12.0. The molecule has 0 aromatic heterocycles. The molecule has 1 fully saturated rings. The highest BCUT2D eigenvalue weighted by Crippen LogP contribution is 2.24. The first-order chi connectivity index (χ1) is 10.0. The predicted octanol–water partition coefficient (Wildman–Crippen LogP) is 2.06. The number of nitro benzene ring substituents is 1. The molecule has 0 bridgehead atoms. The Balaban J connectivity index is 0.00000242. The Kier molecular flexibility index (Phi) is 6.77. The summed E-state index contributed by atoms with van der Waals surface area (Å²) in [6, 6.07) is 6.37. The molecule has 7 heteroatoms. The van der Waals surface area contributed by atoms with Gasteiger partial charge in [-0.05, 0) is 24.8 Å². The largest absolute Gasteiger partial charge is 0.355 e. The Labute approximate surface area is 136 Å². The minimum absolute atomic E-state index is 0. The van der Waals surface area contributed by atoms with E-state index in [2.05, 4.69) is 17.6 Å². The van der Waals surface area contributed by atoms with Crippen LogP contribution in [-0.4, -0.2) is 30.5 Å². The van der Waals surface area contributed by atoms with Crippen molar-refractivity contribution in [2.45, 2.75) is 26.2 Å². The summed E-state index contributed by atoms with van der Waals surface area (Å²) in [6.45, 7) is 4.66. The average molecular weight is 328 g/mol. The topological polar surface area (TPSA) is 84.3 Å². The van der Waals surface area contributed by atoms with Gasteiger partial charge in [0.15, 0.2) is 0 Å². The molecule has 0 aliphatic carbocycles. The second-order valence-corrected chi connectivity index (χ2v) is 5.93. The van der Waals surface area contributed by atoms with Crippen LogP contribution in [0.15, 0.2) is 24.3 Å². The number of amides is 1. The van der Waals surface area contributed by atoms with Gasteiger partial charge in [-0.3, -0.25) is 14.9 Å². The Hall–Kier alpha value is -1.66. The lowest BCUT2D eigenvalue weighted by molar-refractivity contribution is -0.385. The van der Waals surface area contributed by atoms with Gasteiger partial charge in [-0.2, -0.15) is 0 Å². The molecule has 22 heavy (non-hydrogen) atoms. The van der Waals surface area contributed by atoms with Gasteiger partial charge in [0.2, 0.25) is 5.91 Å². The van der Waals surface area contributed by atoms with Gasteiger partial charge in [-0.15, -0.1) is 12.4 Å². The van der Waals surface area contributed by atoms with Crippen molar-refractivity contribution < 1.29 is 9.72 Å². The molecule has 1 aliphatic heterocycles. The first-order valence-corrected chi connectivity index (χ1v) is 7.20. The van der Waals surface area contributed by atoms with Gasteiger partial charge < -0.3 is 10.6 Å². The van der Waals surface area contributed by atoms with Crippen LogP contribution in [0.3, 0.4) is 0 Å². The molecule has 1 atom stereocenters. The number of nitrogens with one attached hydrogen (secondary N) is 2. The number of rotatable bonds is 5. The van der Waals surface area contributed by atoms with Crippen LogP contribution in [0.4, 0.5) is 5.69 Å². The van der Waals surface area contributed by atoms with Crippen LogP contribution in [0.2, 0.25) is 0 Å². The van der Waals surface area contributed by atoms with Crippen molar-refractivity contribution in [2.24, 2.45) is 5.41 Å². The smallest absolute Gasteiger partial charge is 0.273 e. The number of nitro groups is 1. The standard InChI is InChI=1S/C15H21N3O3.ClH/c1-15(7-4-8-16-10-15)11-17-14(19)9-12-5-2-3-6-13(12)18(20)21;/h2-3,5-6,16H,4,7-11H2,1H3,(H,17,19);1H. The Bertz CT molecular complexity index is 531. The molecular weight excluding hydrogens is 306 g/mol. The fourth-order valence-electron chi connectivity index (χ4n) is 2.66. The predicted molar refractivity (Wildman–Crippen MR) is 87.3 cm³/mol. The monoisotopic (exact) mass is 327 g/mol. The summed E-state index contributed by atoms with van der Waals surface area (Å²) in [5.41, 5.74) is 0.515. The van der Waals surface area contributed by atoms with Crippen LogP contribution in [-0.2, 0) is 11.2 Å². The van der Waals surface area contributed by atoms with Gasteiger partial charge in [0.1, 0.15) is 0 Å². The zero-order valence-electron chi connectivity index (χ0n) is 12.6. The van der Waals surface area contributed by atoms with Crippen molar-refractivity contribution in [3.63, 3.8) is 0 Å². The number of hydrogen-bond acceptors (Lipinski definition) is 4. The van der Waals surface area contributed by atoms with Crippen LogP contribution in [0, 0.1) is 15.5 Å². The molecular formula is C15H22ClN3O3. The van der Waals surface area contributed by atoms with E-state index < -0.39 is 4.92 Å². The average Bonchev–Trinajstić information content (AvgIpc) is 2.46. The van der Waals surface area contributed by atoms with E-state index in [0.29, 0.717) is 12.1 Å². The molecule has 2 rings (SSSR count). The number of halogens is 1. The Morgan fingerprint density at radius 1 is 1.45 bits per heavy atom. The fourth-order valence-corrected chi connectivity index (χ4v) is 2.66. The van der Waals surface area contributed by atoms with Crippen LogP contribution >= 0.6 is 12.4 Å². The van der Waals surface area contributed by atoms with Crippen LogP contribution in [0.5, 0.6) is 0 Å². The van der Waals surface area contributed by atoms with Crippen molar-refractivity contribution in [3.05, 3.63) is 39.9 Å². The van der Waals surface area contributed by atoms with Crippen molar-refractivity contribution in [1.82, 2.24) is 10.6 Å². The molecule has 1 aromatic rings. The normalized spacial score (nSPS) is 20.8. The number of para-hydroxylation sites is 1. The molecule has 0 spiro atoms. The van der Waals surface area contributed by atoms with Gasteiger partial charge in [-0.25, -0.2) is 0 Å². The first-order valence-electron chi connectivity index (χ1n) is 7.20. The van der Waals surface area contributed by atoms with E-state index in [0.717, 1.165) is 25.9 Å². The number of benzene rings is 1. The van der Waals surface area contributed by atoms with Crippen LogP contribution in [0.25, 0.3) is 0 Å². The minimum Gasteiger partial charge on any atom is -0.355 e. The van der Waals surface area contributed by atoms with Gasteiger partial charge >= 0.3 is 0 Å². The van der Waals surface area contributed by atoms with Crippen molar-refractivity contribution >= 4 is 24.0 Å². The molecule has 0 radical (unpaired) electrons. The minimum atomic E-state index is -0.449. The molecule has 0 saturated carbocycles. The van der Waals surface area contributed by atoms with Crippen molar-refractivity contribution in [3.8, 4) is 0 Å². The summed E-state index contributed by atoms with van der Waals surface area (Å²) in [5, 5.41) is 17.2. The zero-order chi connectivity index (χ0) is 15.3. The SMILES string of the molecule is CC1(CNC(=O)Cc2ccccc2[N+](=O)[O-])CCCNC1.Cl. The van der Waals surface area contributed by atoms with Gasteiger partial charge in [-0.1, -0.05) is 25.1 Å². The Morgan fingerprint density at radius 3 is 2.82 bits per heavy atom. The number of hydrogen-bond donors (Lipinski definition) is 2. The quantitative estimate of drug-likeness (QED) is 0.640. The molecule has 1 heterocycles. The summed E-state index contributed by atoms with van der Waals surface area (Å²) < 4.78 is 0. The molecule has 1 unspecified atom stereocenters. The molecule has 2 N–H and O–H groups in total. The summed E-state index contributed by atoms with van der Waals surface area (Å²) in [4.78, 5) is 22.5. The first kappa shape index (κ1) is 18.4. The van der Waals surface area contributed by atoms with E-state index in [4.69, 9.17) is 0 Å². The Morgan fingerprint density at radius 2 is 2.18 bits per heavy atom. The number of carbonyl (C=O) groups is 1. The summed E-state index contributed by atoms with van der Waals surface area (Å²) >= 11 is 0. The van der Waals surface area contributed by atoms with E-state index in [9.17, 15) is 14.9 Å². The van der Waals surface area contributed by atoms with E-state index in [1.807, 2.05) is 0 Å². The summed E-state index contributed by atoms with van der Waals surface area (Å²) in [5.74, 6) is -0.170. The molecule has 6 nitrogen and oxygen atoms in total. The third kappa shape index (κ3) is 4.96. The van der Waals surface area contributed by atoms with Crippen LogP contribution < -0.4 is 10.6 Å². The van der Waals surface area contributed by atoms with Crippen molar-refractivity contribution in [1.29, 1.82) is 0 Å². The third-order valence-electron chi connectivity index (χ3n) is 3.94. The van der Waals surface area contributed by atoms with E-state index in [1.54, 1.807) is 18.2 Å². The lowest BCUT2D eigenvalue weighted by atomic mass is 9.83. The maximum atomic E-state index is 12.0. The second kappa shape index (κ2) is 8.10. The molecule has 1 aliphatic rings. The van der Waals surface area contributed by atoms with Gasteiger partial charge in [0.25, 0.3) is 5.69 Å². The van der Waals surface area contributed by atoms with E-state index >= 15 is 0 Å². The van der Waals surface area contributed by atoms with Gasteiger partial charge in [0, 0.05) is 24.7 Å². The highest BCUT2D eigenvalue weighted by Gasteiger charge is 2.27. The van der Waals surface area contributed by atoms with Crippen LogP contribution in [0.1, 0.15) is 25.3 Å². The number of nitrogens with zero attached hydrogens (tertiary/aromatic N) is 1. The van der Waals surface area contributed by atoms with Crippen molar-refractivity contribution in [2.75, 3.05) is 19.6 Å². The van der Waals surface area contributed by atoms with Gasteiger partial charge in [0.05, 0.1) is 11.3 Å². The maximum Gasteiger partial charge on any atom is 0.273 e. The number of carbonyl (C=O) groups excluding carboxylic acids is 1. The molecule has 122 valence electrons. The lowest BCUT2D eigenvalue weighted by Crippen LogP contribution is -2.46. The molecule has 1 saturated heterocycles. The van der Waals surface area contributed by atoms with E-state index in [-0.39, 0.29) is 35.8 Å². The lowest BCUT2D eigenvalue weighted by Gasteiger charge is -2.34. The highest BCUT2D eigenvalue weighted by molar-refractivity contribution is 5.85. The molecule has 1 aromatic carbocycles. The van der Waals surface area contributed by atoms with E-state index in [1.165, 1.54) is 6.07 Å². The molecule has 1 amide bonds. The highest BCUT2D eigenvalue weighted by atomic mass is 35.5.